The molecule has 3 amide bonds. The van der Waals surface area contributed by atoms with Crippen LogP contribution < -0.4 is 5.43 Å². The number of carbonyl (C=O) groups excluding carboxylic acids is 3. The Labute approximate surface area is 124 Å². The fourth-order valence-electron chi connectivity index (χ4n) is 2.45. The van der Waals surface area contributed by atoms with Gasteiger partial charge in [-0.25, -0.2) is 5.43 Å². The van der Waals surface area contributed by atoms with Gasteiger partial charge < -0.3 is 9.80 Å². The Bertz CT molecular complexity index is 465. The van der Waals surface area contributed by atoms with Crippen molar-refractivity contribution >= 4 is 23.4 Å². The lowest BCUT2D eigenvalue weighted by Crippen LogP contribution is -2.52. The van der Waals surface area contributed by atoms with Crippen LogP contribution in [0.15, 0.2) is 5.10 Å². The Morgan fingerprint density at radius 3 is 2.29 bits per heavy atom. The number of hydrazone groups is 1. The first kappa shape index (κ1) is 15.5. The molecule has 0 aromatic heterocycles. The quantitative estimate of drug-likeness (QED) is 0.793. The van der Waals surface area contributed by atoms with E-state index in [1.54, 1.807) is 4.90 Å². The van der Waals surface area contributed by atoms with E-state index in [-0.39, 0.29) is 17.7 Å². The SMILES string of the molecule is CC(C)CC(=O)N1CCN(C(=O)C2=NNC(=O)CC2)CC1. The van der Waals surface area contributed by atoms with Crippen molar-refractivity contribution in [2.24, 2.45) is 11.0 Å². The maximum Gasteiger partial charge on any atom is 0.270 e. The summed E-state index contributed by atoms with van der Waals surface area (Å²) >= 11 is 0. The first-order chi connectivity index (χ1) is 9.97. The summed E-state index contributed by atoms with van der Waals surface area (Å²) in [6.07, 6.45) is 1.24. The van der Waals surface area contributed by atoms with E-state index in [4.69, 9.17) is 0 Å². The molecule has 2 rings (SSSR count). The smallest absolute Gasteiger partial charge is 0.270 e. The van der Waals surface area contributed by atoms with Gasteiger partial charge in [-0.2, -0.15) is 5.10 Å². The molecule has 0 unspecified atom stereocenters. The zero-order valence-electron chi connectivity index (χ0n) is 12.6. The predicted octanol–water partition coefficient (Wildman–Crippen LogP) is -0.0307. The topological polar surface area (TPSA) is 82.1 Å². The van der Waals surface area contributed by atoms with E-state index >= 15 is 0 Å². The van der Waals surface area contributed by atoms with E-state index in [1.165, 1.54) is 0 Å². The maximum absolute atomic E-state index is 12.3. The number of nitrogens with one attached hydrogen (secondary N) is 1. The van der Waals surface area contributed by atoms with Crippen LogP contribution in [0.1, 0.15) is 33.1 Å². The Morgan fingerprint density at radius 1 is 1.14 bits per heavy atom. The molecule has 7 nitrogen and oxygen atoms in total. The van der Waals surface area contributed by atoms with Gasteiger partial charge in [-0.1, -0.05) is 13.8 Å². The van der Waals surface area contributed by atoms with Crippen LogP contribution in [0.4, 0.5) is 0 Å². The average molecular weight is 294 g/mol. The minimum Gasteiger partial charge on any atom is -0.339 e. The highest BCUT2D eigenvalue weighted by Crippen LogP contribution is 2.10. The molecular formula is C14H22N4O3. The van der Waals surface area contributed by atoms with Gasteiger partial charge in [0.05, 0.1) is 0 Å². The number of piperazine rings is 1. The van der Waals surface area contributed by atoms with E-state index in [0.29, 0.717) is 57.1 Å². The number of carbonyl (C=O) groups is 3. The van der Waals surface area contributed by atoms with Crippen LogP contribution in [-0.2, 0) is 14.4 Å². The summed E-state index contributed by atoms with van der Waals surface area (Å²) in [4.78, 5) is 38.8. The van der Waals surface area contributed by atoms with Crippen molar-refractivity contribution in [2.45, 2.75) is 33.1 Å². The Kier molecular flexibility index (Phi) is 4.93. The number of amides is 3. The molecule has 21 heavy (non-hydrogen) atoms. The van der Waals surface area contributed by atoms with Gasteiger partial charge in [0.2, 0.25) is 11.8 Å². The standard InChI is InChI=1S/C14H22N4O3/c1-10(2)9-13(20)17-5-7-18(8-6-17)14(21)11-3-4-12(19)16-15-11/h10H,3-9H2,1-2H3,(H,16,19). The zero-order chi connectivity index (χ0) is 15.4. The Balaban J connectivity index is 1.85. The van der Waals surface area contributed by atoms with Gasteiger partial charge in [-0.3, -0.25) is 14.4 Å². The highest BCUT2D eigenvalue weighted by molar-refractivity contribution is 6.39. The second-order valence-corrected chi connectivity index (χ2v) is 5.86. The van der Waals surface area contributed by atoms with Gasteiger partial charge in [0.15, 0.2) is 0 Å². The molecule has 0 aliphatic carbocycles. The van der Waals surface area contributed by atoms with Crippen LogP contribution in [-0.4, -0.2) is 59.4 Å². The van der Waals surface area contributed by atoms with Crippen molar-refractivity contribution in [3.63, 3.8) is 0 Å². The molecule has 0 spiro atoms. The molecule has 1 N–H and O–H groups in total. The molecule has 0 aromatic rings. The first-order valence-electron chi connectivity index (χ1n) is 7.40. The van der Waals surface area contributed by atoms with Crippen LogP contribution in [0.2, 0.25) is 0 Å². The van der Waals surface area contributed by atoms with E-state index in [1.807, 2.05) is 18.7 Å². The van der Waals surface area contributed by atoms with Gasteiger partial charge in [0.1, 0.15) is 5.71 Å². The number of hydrogen-bond donors (Lipinski definition) is 1. The molecule has 0 bridgehead atoms. The van der Waals surface area contributed by atoms with E-state index in [2.05, 4.69) is 10.5 Å². The lowest BCUT2D eigenvalue weighted by molar-refractivity contribution is -0.137. The minimum absolute atomic E-state index is 0.133. The predicted molar refractivity (Wildman–Crippen MR) is 77.4 cm³/mol. The summed E-state index contributed by atoms with van der Waals surface area (Å²) in [5, 5.41) is 3.82. The third-order valence-electron chi connectivity index (χ3n) is 3.65. The van der Waals surface area contributed by atoms with Crippen molar-refractivity contribution in [3.8, 4) is 0 Å². The average Bonchev–Trinajstić information content (AvgIpc) is 2.47. The number of rotatable bonds is 3. The molecular weight excluding hydrogens is 272 g/mol. The zero-order valence-corrected chi connectivity index (χ0v) is 12.6. The van der Waals surface area contributed by atoms with Gasteiger partial charge in [0, 0.05) is 45.4 Å². The second-order valence-electron chi connectivity index (χ2n) is 5.86. The third kappa shape index (κ3) is 4.03. The summed E-state index contributed by atoms with van der Waals surface area (Å²) < 4.78 is 0. The van der Waals surface area contributed by atoms with Crippen molar-refractivity contribution in [1.29, 1.82) is 0 Å². The van der Waals surface area contributed by atoms with Gasteiger partial charge in [-0.15, -0.1) is 0 Å². The minimum atomic E-state index is -0.157. The molecule has 0 aromatic carbocycles. The fraction of sp³-hybridized carbons (Fsp3) is 0.714. The summed E-state index contributed by atoms with van der Waals surface area (Å²) in [6.45, 7) is 6.22. The number of hydrogen-bond acceptors (Lipinski definition) is 4. The van der Waals surface area contributed by atoms with Crippen molar-refractivity contribution in [3.05, 3.63) is 0 Å². The fourth-order valence-corrected chi connectivity index (χ4v) is 2.45. The lowest BCUT2D eigenvalue weighted by atomic mass is 10.1. The van der Waals surface area contributed by atoms with Crippen molar-refractivity contribution in [1.82, 2.24) is 15.2 Å². The van der Waals surface area contributed by atoms with E-state index in [9.17, 15) is 14.4 Å². The van der Waals surface area contributed by atoms with E-state index in [0.717, 1.165) is 0 Å². The normalized spacial score (nSPS) is 19.4. The molecule has 2 aliphatic rings. The summed E-state index contributed by atoms with van der Waals surface area (Å²) in [5.74, 6) is 0.207. The molecule has 1 fully saturated rings. The van der Waals surface area contributed by atoms with Crippen LogP contribution in [0.25, 0.3) is 0 Å². The van der Waals surface area contributed by atoms with Gasteiger partial charge in [-0.05, 0) is 5.92 Å². The highest BCUT2D eigenvalue weighted by Gasteiger charge is 2.28. The molecule has 0 radical (unpaired) electrons. The molecule has 2 heterocycles. The first-order valence-corrected chi connectivity index (χ1v) is 7.40. The largest absolute Gasteiger partial charge is 0.339 e. The van der Waals surface area contributed by atoms with Crippen LogP contribution in [0, 0.1) is 5.92 Å². The summed E-state index contributed by atoms with van der Waals surface area (Å²) in [5.41, 5.74) is 2.74. The summed E-state index contributed by atoms with van der Waals surface area (Å²) in [7, 11) is 0. The second kappa shape index (κ2) is 6.69. The molecule has 2 aliphatic heterocycles. The lowest BCUT2D eigenvalue weighted by Gasteiger charge is -2.35. The van der Waals surface area contributed by atoms with Crippen molar-refractivity contribution < 1.29 is 14.4 Å². The van der Waals surface area contributed by atoms with E-state index < -0.39 is 0 Å². The van der Waals surface area contributed by atoms with Gasteiger partial charge >= 0.3 is 0 Å². The van der Waals surface area contributed by atoms with Crippen molar-refractivity contribution in [2.75, 3.05) is 26.2 Å². The highest BCUT2D eigenvalue weighted by atomic mass is 16.2. The molecule has 0 saturated carbocycles. The van der Waals surface area contributed by atoms with Crippen LogP contribution >= 0.6 is 0 Å². The molecule has 1 saturated heterocycles. The molecule has 7 heteroatoms. The van der Waals surface area contributed by atoms with Crippen LogP contribution in [0.3, 0.4) is 0 Å². The Hall–Kier alpha value is -1.92. The van der Waals surface area contributed by atoms with Gasteiger partial charge in [0.25, 0.3) is 5.91 Å². The number of nitrogens with zero attached hydrogens (tertiary/aromatic N) is 3. The summed E-state index contributed by atoms with van der Waals surface area (Å²) in [6, 6.07) is 0. The monoisotopic (exact) mass is 294 g/mol. The maximum atomic E-state index is 12.3. The molecule has 0 atom stereocenters. The Morgan fingerprint density at radius 2 is 1.76 bits per heavy atom. The molecule has 116 valence electrons. The third-order valence-corrected chi connectivity index (χ3v) is 3.65. The van der Waals surface area contributed by atoms with Crippen LogP contribution in [0.5, 0.6) is 0 Å².